The summed E-state index contributed by atoms with van der Waals surface area (Å²) in [4.78, 5) is 23.2. The molecule has 1 saturated heterocycles. The SMILES string of the molecule is O=C(O)c1ccc2nc(CN3CC=C(c4cccc5c4OCC(c4ccc(Cl)cn4)O5)CC3)n(C[C@@H]3CCO3)c2c1. The molecule has 0 radical (unpaired) electrons. The van der Waals surface area contributed by atoms with Gasteiger partial charge in [-0.1, -0.05) is 29.8 Å². The number of halogens is 1. The molecule has 1 fully saturated rings. The third-order valence-corrected chi connectivity index (χ3v) is 8.19. The largest absolute Gasteiger partial charge is 0.485 e. The first-order valence-corrected chi connectivity index (χ1v) is 14.2. The number of imidazole rings is 1. The number of hydrogen-bond acceptors (Lipinski definition) is 7. The van der Waals surface area contributed by atoms with E-state index in [9.17, 15) is 9.90 Å². The second-order valence-electron chi connectivity index (χ2n) is 10.6. The number of carbonyl (C=O) groups is 1. The Hall–Kier alpha value is -3.92. The van der Waals surface area contributed by atoms with Crippen LogP contribution in [-0.2, 0) is 17.8 Å². The van der Waals surface area contributed by atoms with Gasteiger partial charge in [-0.3, -0.25) is 9.88 Å². The summed E-state index contributed by atoms with van der Waals surface area (Å²) in [5.41, 5.74) is 4.97. The van der Waals surface area contributed by atoms with Crippen LogP contribution in [0.2, 0.25) is 5.02 Å². The van der Waals surface area contributed by atoms with Crippen molar-refractivity contribution in [3.8, 4) is 11.5 Å². The number of aromatic nitrogens is 3. The quantitative estimate of drug-likeness (QED) is 0.315. The van der Waals surface area contributed by atoms with E-state index in [0.717, 1.165) is 66.4 Å². The van der Waals surface area contributed by atoms with E-state index in [1.165, 1.54) is 5.57 Å². The molecule has 0 bridgehead atoms. The number of aromatic carboxylic acids is 1. The number of rotatable bonds is 7. The van der Waals surface area contributed by atoms with Gasteiger partial charge in [-0.2, -0.15) is 0 Å². The molecular weight excluding hydrogens is 544 g/mol. The van der Waals surface area contributed by atoms with Crippen molar-refractivity contribution in [1.29, 1.82) is 0 Å². The zero-order valence-corrected chi connectivity index (χ0v) is 23.1. The molecule has 3 aliphatic rings. The van der Waals surface area contributed by atoms with Gasteiger partial charge in [0, 0.05) is 31.5 Å². The Bertz CT molecular complexity index is 1650. The molecule has 41 heavy (non-hydrogen) atoms. The highest BCUT2D eigenvalue weighted by atomic mass is 35.5. The molecule has 0 amide bonds. The number of para-hydroxylation sites is 1. The molecule has 2 aromatic carbocycles. The lowest BCUT2D eigenvalue weighted by molar-refractivity contribution is -0.0591. The van der Waals surface area contributed by atoms with E-state index >= 15 is 0 Å². The van der Waals surface area contributed by atoms with Gasteiger partial charge in [0.15, 0.2) is 17.6 Å². The van der Waals surface area contributed by atoms with Crippen molar-refractivity contribution in [3.05, 3.63) is 88.5 Å². The maximum atomic E-state index is 11.6. The van der Waals surface area contributed by atoms with Gasteiger partial charge >= 0.3 is 5.97 Å². The summed E-state index contributed by atoms with van der Waals surface area (Å²) in [6.45, 7) is 4.10. The van der Waals surface area contributed by atoms with Crippen molar-refractivity contribution < 1.29 is 24.1 Å². The van der Waals surface area contributed by atoms with Gasteiger partial charge in [-0.25, -0.2) is 9.78 Å². The maximum absolute atomic E-state index is 11.6. The number of carboxylic acids is 1. The molecule has 7 rings (SSSR count). The molecule has 10 heteroatoms. The average Bonchev–Trinajstić information content (AvgIpc) is 3.31. The number of ether oxygens (including phenoxy) is 3. The van der Waals surface area contributed by atoms with Crippen LogP contribution >= 0.6 is 11.6 Å². The van der Waals surface area contributed by atoms with Crippen LogP contribution < -0.4 is 9.47 Å². The zero-order valence-electron chi connectivity index (χ0n) is 22.3. The summed E-state index contributed by atoms with van der Waals surface area (Å²) in [5, 5.41) is 10.1. The standard InChI is InChI=1S/C31H29ClN4O5/c32-21-5-7-25(33-15-21)28-18-40-30-23(2-1-3-27(30)41-28)19-8-11-35(12-9-19)17-29-34-24-6-4-20(31(37)38)14-26(24)36(29)16-22-10-13-39-22/h1-8,14-15,22,28H,9-13,16-18H2,(H,37,38)/t22-,28?/m0/s1. The van der Waals surface area contributed by atoms with Crippen molar-refractivity contribution in [2.45, 2.75) is 38.1 Å². The van der Waals surface area contributed by atoms with Gasteiger partial charge in [0.05, 0.1) is 46.5 Å². The molecule has 210 valence electrons. The van der Waals surface area contributed by atoms with Crippen LogP contribution in [-0.4, -0.2) is 62.9 Å². The Kier molecular flexibility index (Phi) is 6.86. The summed E-state index contributed by atoms with van der Waals surface area (Å²) in [7, 11) is 0. The van der Waals surface area contributed by atoms with Gasteiger partial charge < -0.3 is 23.9 Å². The number of hydrogen-bond donors (Lipinski definition) is 1. The third-order valence-electron chi connectivity index (χ3n) is 7.97. The molecule has 5 heterocycles. The highest BCUT2D eigenvalue weighted by molar-refractivity contribution is 6.30. The van der Waals surface area contributed by atoms with Crippen molar-refractivity contribution in [2.75, 3.05) is 26.3 Å². The predicted octanol–water partition coefficient (Wildman–Crippen LogP) is 5.37. The van der Waals surface area contributed by atoms with Crippen LogP contribution in [0.5, 0.6) is 11.5 Å². The smallest absolute Gasteiger partial charge is 0.335 e. The monoisotopic (exact) mass is 572 g/mol. The Morgan fingerprint density at radius 2 is 2.07 bits per heavy atom. The first-order chi connectivity index (χ1) is 20.0. The van der Waals surface area contributed by atoms with Gasteiger partial charge in [0.2, 0.25) is 0 Å². The molecule has 0 aliphatic carbocycles. The molecule has 4 aromatic rings. The molecular formula is C31H29ClN4O5. The first kappa shape index (κ1) is 26.0. The highest BCUT2D eigenvalue weighted by Gasteiger charge is 2.28. The Morgan fingerprint density at radius 1 is 1.17 bits per heavy atom. The number of fused-ring (bicyclic) bond motifs is 2. The predicted molar refractivity (Wildman–Crippen MR) is 153 cm³/mol. The second-order valence-corrected chi connectivity index (χ2v) is 11.0. The third kappa shape index (κ3) is 5.16. The van der Waals surface area contributed by atoms with Crippen molar-refractivity contribution in [3.63, 3.8) is 0 Å². The molecule has 2 aromatic heterocycles. The average molecular weight is 573 g/mol. The lowest BCUT2D eigenvalue weighted by Crippen LogP contribution is -2.33. The Balaban J connectivity index is 1.09. The highest BCUT2D eigenvalue weighted by Crippen LogP contribution is 2.42. The minimum Gasteiger partial charge on any atom is -0.485 e. The maximum Gasteiger partial charge on any atom is 0.335 e. The van der Waals surface area contributed by atoms with Crippen molar-refractivity contribution >= 4 is 34.2 Å². The van der Waals surface area contributed by atoms with Crippen LogP contribution in [0.4, 0.5) is 0 Å². The molecule has 0 saturated carbocycles. The number of carboxylic acid groups (broad SMARTS) is 1. The van der Waals surface area contributed by atoms with E-state index in [2.05, 4.69) is 26.6 Å². The van der Waals surface area contributed by atoms with Crippen LogP contribution in [0.15, 0.2) is 60.8 Å². The second kappa shape index (κ2) is 10.8. The fourth-order valence-corrected chi connectivity index (χ4v) is 5.75. The summed E-state index contributed by atoms with van der Waals surface area (Å²) >= 11 is 5.99. The Morgan fingerprint density at radius 3 is 2.80 bits per heavy atom. The van der Waals surface area contributed by atoms with Crippen molar-refractivity contribution in [2.24, 2.45) is 0 Å². The van der Waals surface area contributed by atoms with Gasteiger partial charge in [0.1, 0.15) is 12.4 Å². The summed E-state index contributed by atoms with van der Waals surface area (Å²) in [6, 6.07) is 14.8. The Labute approximate surface area is 241 Å². The van der Waals surface area contributed by atoms with Crippen LogP contribution in [0.1, 0.15) is 46.4 Å². The van der Waals surface area contributed by atoms with E-state index in [1.807, 2.05) is 18.2 Å². The molecule has 2 atom stereocenters. The van der Waals surface area contributed by atoms with Crippen LogP contribution in [0.25, 0.3) is 16.6 Å². The first-order valence-electron chi connectivity index (χ1n) is 13.8. The minimum atomic E-state index is -0.940. The van der Waals surface area contributed by atoms with E-state index in [0.29, 0.717) is 30.5 Å². The summed E-state index contributed by atoms with van der Waals surface area (Å²) in [5.74, 6) is 1.47. The summed E-state index contributed by atoms with van der Waals surface area (Å²) < 4.78 is 20.3. The normalized spacial score (nSPS) is 20.5. The van der Waals surface area contributed by atoms with E-state index < -0.39 is 5.97 Å². The lowest BCUT2D eigenvalue weighted by Gasteiger charge is -2.31. The number of pyridine rings is 1. The van der Waals surface area contributed by atoms with E-state index in [-0.39, 0.29) is 17.8 Å². The van der Waals surface area contributed by atoms with Gasteiger partial charge in [-0.05, 0) is 54.8 Å². The lowest BCUT2D eigenvalue weighted by atomic mass is 9.97. The van der Waals surface area contributed by atoms with Crippen molar-refractivity contribution in [1.82, 2.24) is 19.4 Å². The fourth-order valence-electron chi connectivity index (χ4n) is 5.64. The molecule has 1 N–H and O–H groups in total. The number of benzene rings is 2. The van der Waals surface area contributed by atoms with Gasteiger partial charge in [0.25, 0.3) is 0 Å². The summed E-state index contributed by atoms with van der Waals surface area (Å²) in [6.07, 6.45) is 5.57. The van der Waals surface area contributed by atoms with Crippen LogP contribution in [0.3, 0.4) is 0 Å². The topological polar surface area (TPSA) is 98.9 Å². The fraction of sp³-hybridized carbons (Fsp3) is 0.323. The van der Waals surface area contributed by atoms with Gasteiger partial charge in [-0.15, -0.1) is 0 Å². The van der Waals surface area contributed by atoms with E-state index in [4.69, 9.17) is 30.8 Å². The molecule has 1 unspecified atom stereocenters. The zero-order chi connectivity index (χ0) is 27.9. The van der Waals surface area contributed by atoms with E-state index in [1.54, 1.807) is 30.5 Å². The minimum absolute atomic E-state index is 0.133. The van der Waals surface area contributed by atoms with Crippen LogP contribution in [0, 0.1) is 0 Å². The molecule has 3 aliphatic heterocycles. The number of nitrogens with zero attached hydrogens (tertiary/aromatic N) is 4. The molecule has 0 spiro atoms. The molecule has 9 nitrogen and oxygen atoms in total.